The number of benzene rings is 2. The standard InChI is InChI=1S/C19H16N2O2/c1-14(20-21-19(22)18-8-5-13-23-18)15-9-11-17(12-10-15)16-6-3-2-4-7-16/h2-13H,1H3,(H,21,22)/b20-14+. The second kappa shape index (κ2) is 6.75. The maximum absolute atomic E-state index is 11.8. The van der Waals surface area contributed by atoms with Crippen molar-refractivity contribution in [2.45, 2.75) is 6.92 Å². The van der Waals surface area contributed by atoms with Crippen molar-refractivity contribution >= 4 is 11.6 Å². The maximum Gasteiger partial charge on any atom is 0.307 e. The first kappa shape index (κ1) is 14.8. The lowest BCUT2D eigenvalue weighted by Gasteiger charge is -2.05. The molecule has 0 aliphatic heterocycles. The molecule has 1 amide bonds. The lowest BCUT2D eigenvalue weighted by molar-refractivity contribution is 0.0927. The van der Waals surface area contributed by atoms with E-state index in [9.17, 15) is 4.79 Å². The van der Waals surface area contributed by atoms with Crippen LogP contribution in [0, 0.1) is 0 Å². The monoisotopic (exact) mass is 304 g/mol. The molecule has 0 radical (unpaired) electrons. The van der Waals surface area contributed by atoms with Gasteiger partial charge in [-0.2, -0.15) is 5.10 Å². The van der Waals surface area contributed by atoms with Crippen LogP contribution >= 0.6 is 0 Å². The number of nitrogens with zero attached hydrogens (tertiary/aromatic N) is 1. The minimum Gasteiger partial charge on any atom is -0.459 e. The van der Waals surface area contributed by atoms with Gasteiger partial charge in [0.05, 0.1) is 12.0 Å². The first-order chi connectivity index (χ1) is 11.2. The van der Waals surface area contributed by atoms with Crippen molar-refractivity contribution in [3.05, 3.63) is 84.3 Å². The molecule has 1 N–H and O–H groups in total. The summed E-state index contributed by atoms with van der Waals surface area (Å²) in [5, 5.41) is 4.11. The topological polar surface area (TPSA) is 54.6 Å². The van der Waals surface area contributed by atoms with Gasteiger partial charge >= 0.3 is 5.91 Å². The second-order valence-corrected chi connectivity index (χ2v) is 5.06. The molecule has 0 aliphatic rings. The highest BCUT2D eigenvalue weighted by Gasteiger charge is 2.07. The van der Waals surface area contributed by atoms with Gasteiger partial charge in [-0.25, -0.2) is 5.43 Å². The minimum atomic E-state index is -0.366. The summed E-state index contributed by atoms with van der Waals surface area (Å²) in [4.78, 5) is 11.8. The molecule has 0 unspecified atom stereocenters. The Balaban J connectivity index is 1.71. The summed E-state index contributed by atoms with van der Waals surface area (Å²) >= 11 is 0. The van der Waals surface area contributed by atoms with Crippen molar-refractivity contribution in [1.29, 1.82) is 0 Å². The first-order valence-electron chi connectivity index (χ1n) is 7.28. The van der Waals surface area contributed by atoms with Crippen molar-refractivity contribution < 1.29 is 9.21 Å². The van der Waals surface area contributed by atoms with Crippen LogP contribution < -0.4 is 5.43 Å². The lowest BCUT2D eigenvalue weighted by atomic mass is 10.0. The zero-order chi connectivity index (χ0) is 16.1. The third kappa shape index (κ3) is 3.55. The quantitative estimate of drug-likeness (QED) is 0.583. The molecule has 114 valence electrons. The summed E-state index contributed by atoms with van der Waals surface area (Å²) in [7, 11) is 0. The van der Waals surface area contributed by atoms with Crippen LogP contribution in [0.1, 0.15) is 23.0 Å². The predicted octanol–water partition coefficient (Wildman–Crippen LogP) is 4.10. The Hall–Kier alpha value is -3.14. The number of rotatable bonds is 4. The van der Waals surface area contributed by atoms with E-state index in [-0.39, 0.29) is 11.7 Å². The Morgan fingerprint density at radius 2 is 1.61 bits per heavy atom. The minimum absolute atomic E-state index is 0.237. The number of furan rings is 1. The van der Waals surface area contributed by atoms with Gasteiger partial charge < -0.3 is 4.42 Å². The van der Waals surface area contributed by atoms with E-state index >= 15 is 0 Å². The van der Waals surface area contributed by atoms with E-state index in [1.54, 1.807) is 12.1 Å². The molecule has 0 saturated carbocycles. The zero-order valence-electron chi connectivity index (χ0n) is 12.7. The number of hydrazone groups is 1. The van der Waals surface area contributed by atoms with Gasteiger partial charge in [0.15, 0.2) is 5.76 Å². The molecule has 3 aromatic rings. The molecule has 4 heteroatoms. The number of carbonyl (C=O) groups excluding carboxylic acids is 1. The van der Waals surface area contributed by atoms with Crippen molar-refractivity contribution in [2.75, 3.05) is 0 Å². The molecular formula is C19H16N2O2. The highest BCUT2D eigenvalue weighted by atomic mass is 16.3. The molecule has 0 spiro atoms. The van der Waals surface area contributed by atoms with E-state index in [2.05, 4.69) is 22.7 Å². The molecule has 0 atom stereocenters. The average Bonchev–Trinajstić information content (AvgIpc) is 3.15. The first-order valence-corrected chi connectivity index (χ1v) is 7.28. The molecule has 0 fully saturated rings. The van der Waals surface area contributed by atoms with E-state index in [1.165, 1.54) is 11.8 Å². The Morgan fingerprint density at radius 3 is 2.26 bits per heavy atom. The summed E-state index contributed by atoms with van der Waals surface area (Å²) < 4.78 is 5.02. The van der Waals surface area contributed by atoms with Crippen molar-refractivity contribution in [3.8, 4) is 11.1 Å². The Morgan fingerprint density at radius 1 is 0.913 bits per heavy atom. The van der Waals surface area contributed by atoms with Crippen LogP contribution in [0.3, 0.4) is 0 Å². The Kier molecular flexibility index (Phi) is 4.34. The van der Waals surface area contributed by atoms with Crippen molar-refractivity contribution in [1.82, 2.24) is 5.43 Å². The van der Waals surface area contributed by atoms with E-state index in [1.807, 2.05) is 49.4 Å². The van der Waals surface area contributed by atoms with Gasteiger partial charge in [0.25, 0.3) is 0 Å². The van der Waals surface area contributed by atoms with Crippen molar-refractivity contribution in [2.24, 2.45) is 5.10 Å². The molecule has 4 nitrogen and oxygen atoms in total. The smallest absolute Gasteiger partial charge is 0.307 e. The molecule has 0 bridgehead atoms. The highest BCUT2D eigenvalue weighted by Crippen LogP contribution is 2.19. The van der Waals surface area contributed by atoms with Crippen LogP contribution in [-0.2, 0) is 0 Å². The predicted molar refractivity (Wildman–Crippen MR) is 90.3 cm³/mol. The molecule has 0 aliphatic carbocycles. The number of hydrogen-bond donors (Lipinski definition) is 1. The van der Waals surface area contributed by atoms with E-state index in [0.29, 0.717) is 0 Å². The molecule has 1 heterocycles. The van der Waals surface area contributed by atoms with Gasteiger partial charge in [-0.15, -0.1) is 0 Å². The van der Waals surface area contributed by atoms with Gasteiger partial charge in [-0.1, -0.05) is 54.6 Å². The largest absolute Gasteiger partial charge is 0.459 e. The van der Waals surface area contributed by atoms with Crippen LogP contribution in [-0.4, -0.2) is 11.6 Å². The highest BCUT2D eigenvalue weighted by molar-refractivity contribution is 6.00. The van der Waals surface area contributed by atoms with Crippen LogP contribution in [0.15, 0.2) is 82.5 Å². The molecule has 0 saturated heterocycles. The molecule has 1 aromatic heterocycles. The number of hydrogen-bond acceptors (Lipinski definition) is 3. The number of amides is 1. The third-order valence-corrected chi connectivity index (χ3v) is 3.48. The molecule has 3 rings (SSSR count). The number of carbonyl (C=O) groups is 1. The van der Waals surface area contributed by atoms with Crippen molar-refractivity contribution in [3.63, 3.8) is 0 Å². The third-order valence-electron chi connectivity index (χ3n) is 3.48. The molecular weight excluding hydrogens is 288 g/mol. The van der Waals surface area contributed by atoms with Crippen LogP contribution in [0.4, 0.5) is 0 Å². The average molecular weight is 304 g/mol. The van der Waals surface area contributed by atoms with Crippen LogP contribution in [0.2, 0.25) is 0 Å². The zero-order valence-corrected chi connectivity index (χ0v) is 12.7. The maximum atomic E-state index is 11.8. The molecule has 23 heavy (non-hydrogen) atoms. The molecule has 2 aromatic carbocycles. The summed E-state index contributed by atoms with van der Waals surface area (Å²) in [6.45, 7) is 1.85. The second-order valence-electron chi connectivity index (χ2n) is 5.06. The fraction of sp³-hybridized carbons (Fsp3) is 0.0526. The van der Waals surface area contributed by atoms with Gasteiger partial charge in [-0.3, -0.25) is 4.79 Å². The van der Waals surface area contributed by atoms with Gasteiger partial charge in [0, 0.05) is 0 Å². The van der Waals surface area contributed by atoms with E-state index in [0.717, 1.165) is 16.8 Å². The van der Waals surface area contributed by atoms with E-state index in [4.69, 9.17) is 4.42 Å². The van der Waals surface area contributed by atoms with Gasteiger partial charge in [-0.05, 0) is 35.7 Å². The summed E-state index contributed by atoms with van der Waals surface area (Å²) in [6, 6.07) is 21.5. The van der Waals surface area contributed by atoms with Crippen LogP contribution in [0.5, 0.6) is 0 Å². The van der Waals surface area contributed by atoms with E-state index < -0.39 is 0 Å². The normalized spacial score (nSPS) is 11.3. The lowest BCUT2D eigenvalue weighted by Crippen LogP contribution is -2.18. The summed E-state index contributed by atoms with van der Waals surface area (Å²) in [6.07, 6.45) is 1.45. The fourth-order valence-electron chi connectivity index (χ4n) is 2.20. The fourth-order valence-corrected chi connectivity index (χ4v) is 2.20. The summed E-state index contributed by atoms with van der Waals surface area (Å²) in [5.74, 6) is -0.128. The summed E-state index contributed by atoms with van der Waals surface area (Å²) in [5.41, 5.74) is 6.47. The SMILES string of the molecule is C/C(=N\NC(=O)c1ccco1)c1ccc(-c2ccccc2)cc1. The Labute approximate surface area is 134 Å². The van der Waals surface area contributed by atoms with Crippen LogP contribution in [0.25, 0.3) is 11.1 Å². The van der Waals surface area contributed by atoms with Gasteiger partial charge in [0.2, 0.25) is 0 Å². The van der Waals surface area contributed by atoms with Gasteiger partial charge in [0.1, 0.15) is 0 Å². The number of nitrogens with one attached hydrogen (secondary N) is 1. The Bertz CT molecular complexity index is 804.